The van der Waals surface area contributed by atoms with Crippen molar-refractivity contribution >= 4 is 28.0 Å². The SMILES string of the molecule is CCOC(=O)c1sc(NCCc2noc(C)n2)cc1N. The molecule has 0 bridgehead atoms. The highest BCUT2D eigenvalue weighted by molar-refractivity contribution is 7.18. The van der Waals surface area contributed by atoms with Crippen LogP contribution in [0, 0.1) is 6.92 Å². The molecule has 0 spiro atoms. The van der Waals surface area contributed by atoms with Crippen LogP contribution in [0.25, 0.3) is 0 Å². The Balaban J connectivity index is 1.90. The molecule has 8 heteroatoms. The third kappa shape index (κ3) is 3.47. The zero-order valence-corrected chi connectivity index (χ0v) is 12.1. The van der Waals surface area contributed by atoms with Crippen molar-refractivity contribution < 1.29 is 14.1 Å². The number of nitrogens with two attached hydrogens (primary N) is 1. The van der Waals surface area contributed by atoms with Crippen molar-refractivity contribution in [3.05, 3.63) is 22.7 Å². The molecular formula is C12H16N4O3S. The number of aromatic nitrogens is 2. The first-order valence-electron chi connectivity index (χ1n) is 6.19. The summed E-state index contributed by atoms with van der Waals surface area (Å²) in [5.74, 6) is 0.798. The van der Waals surface area contributed by atoms with Crippen LogP contribution in [0.2, 0.25) is 0 Å². The Kier molecular flexibility index (Phi) is 4.57. The first kappa shape index (κ1) is 14.3. The smallest absolute Gasteiger partial charge is 0.350 e. The number of rotatable bonds is 6. The summed E-state index contributed by atoms with van der Waals surface area (Å²) < 4.78 is 9.81. The molecule has 0 aliphatic rings. The lowest BCUT2D eigenvalue weighted by molar-refractivity contribution is 0.0533. The van der Waals surface area contributed by atoms with Crippen molar-refractivity contribution in [1.82, 2.24) is 10.1 Å². The van der Waals surface area contributed by atoms with Crippen molar-refractivity contribution in [2.45, 2.75) is 20.3 Å². The molecule has 0 atom stereocenters. The van der Waals surface area contributed by atoms with Gasteiger partial charge in [0.1, 0.15) is 4.88 Å². The number of nitrogens with zero attached hydrogens (tertiary/aromatic N) is 2. The molecule has 7 nitrogen and oxygen atoms in total. The molecule has 0 amide bonds. The molecule has 0 fully saturated rings. The van der Waals surface area contributed by atoms with Gasteiger partial charge in [-0.05, 0) is 13.0 Å². The van der Waals surface area contributed by atoms with Crippen LogP contribution in [0.1, 0.15) is 28.3 Å². The summed E-state index contributed by atoms with van der Waals surface area (Å²) in [6.07, 6.45) is 0.629. The fourth-order valence-corrected chi connectivity index (χ4v) is 2.49. The fourth-order valence-electron chi connectivity index (χ4n) is 1.59. The third-order valence-corrected chi connectivity index (χ3v) is 3.53. The summed E-state index contributed by atoms with van der Waals surface area (Å²) in [5, 5.41) is 7.78. The Labute approximate surface area is 120 Å². The average molecular weight is 296 g/mol. The van der Waals surface area contributed by atoms with E-state index in [2.05, 4.69) is 15.5 Å². The number of hydrogen-bond donors (Lipinski definition) is 2. The molecule has 0 saturated carbocycles. The van der Waals surface area contributed by atoms with Crippen molar-refractivity contribution in [1.29, 1.82) is 0 Å². The van der Waals surface area contributed by atoms with E-state index in [0.717, 1.165) is 5.00 Å². The van der Waals surface area contributed by atoms with Crippen LogP contribution in [-0.2, 0) is 11.2 Å². The highest BCUT2D eigenvalue weighted by Crippen LogP contribution is 2.29. The monoisotopic (exact) mass is 296 g/mol. The van der Waals surface area contributed by atoms with E-state index in [1.54, 1.807) is 19.9 Å². The quantitative estimate of drug-likeness (QED) is 0.784. The van der Waals surface area contributed by atoms with Gasteiger partial charge in [0, 0.05) is 19.9 Å². The second kappa shape index (κ2) is 6.38. The molecule has 2 rings (SSSR count). The Bertz CT molecular complexity index is 593. The van der Waals surface area contributed by atoms with Gasteiger partial charge in [0.2, 0.25) is 5.89 Å². The molecule has 0 aliphatic heterocycles. The maximum atomic E-state index is 11.6. The molecule has 2 heterocycles. The van der Waals surface area contributed by atoms with E-state index in [-0.39, 0.29) is 0 Å². The predicted molar refractivity (Wildman–Crippen MR) is 75.9 cm³/mol. The lowest BCUT2D eigenvalue weighted by atomic mass is 10.4. The summed E-state index contributed by atoms with van der Waals surface area (Å²) >= 11 is 1.27. The van der Waals surface area contributed by atoms with Crippen LogP contribution in [0.5, 0.6) is 0 Å². The van der Waals surface area contributed by atoms with E-state index in [9.17, 15) is 4.79 Å². The van der Waals surface area contributed by atoms with Gasteiger partial charge in [0.05, 0.1) is 17.3 Å². The minimum absolute atomic E-state index is 0.329. The highest BCUT2D eigenvalue weighted by Gasteiger charge is 2.15. The van der Waals surface area contributed by atoms with Gasteiger partial charge in [0.25, 0.3) is 0 Å². The number of anilines is 2. The number of esters is 1. The van der Waals surface area contributed by atoms with E-state index < -0.39 is 5.97 Å². The van der Waals surface area contributed by atoms with Crippen LogP contribution >= 0.6 is 11.3 Å². The van der Waals surface area contributed by atoms with Crippen LogP contribution in [0.15, 0.2) is 10.6 Å². The number of nitrogen functional groups attached to an aromatic ring is 1. The number of carbonyl (C=O) groups is 1. The minimum Gasteiger partial charge on any atom is -0.462 e. The molecule has 20 heavy (non-hydrogen) atoms. The largest absolute Gasteiger partial charge is 0.462 e. The zero-order chi connectivity index (χ0) is 14.5. The van der Waals surface area contributed by atoms with Crippen molar-refractivity contribution in [3.63, 3.8) is 0 Å². The number of carbonyl (C=O) groups excluding carboxylic acids is 1. The van der Waals surface area contributed by atoms with E-state index in [0.29, 0.717) is 41.9 Å². The van der Waals surface area contributed by atoms with Crippen molar-refractivity contribution in [2.24, 2.45) is 0 Å². The second-order valence-corrected chi connectivity index (χ2v) is 5.07. The Morgan fingerprint density at radius 1 is 1.60 bits per heavy atom. The summed E-state index contributed by atoms with van der Waals surface area (Å²) in [6.45, 7) is 4.46. The first-order valence-corrected chi connectivity index (χ1v) is 7.01. The van der Waals surface area contributed by atoms with Gasteiger partial charge in [-0.15, -0.1) is 11.3 Å². The topological polar surface area (TPSA) is 103 Å². The number of thiophene rings is 1. The molecule has 0 aliphatic carbocycles. The lowest BCUT2D eigenvalue weighted by Crippen LogP contribution is -2.05. The van der Waals surface area contributed by atoms with Gasteiger partial charge in [-0.25, -0.2) is 4.79 Å². The van der Waals surface area contributed by atoms with Crippen molar-refractivity contribution in [2.75, 3.05) is 24.2 Å². The molecule has 0 saturated heterocycles. The summed E-state index contributed by atoms with van der Waals surface area (Å²) in [5.41, 5.74) is 6.21. The van der Waals surface area contributed by atoms with Gasteiger partial charge in [0.15, 0.2) is 5.82 Å². The number of hydrogen-bond acceptors (Lipinski definition) is 8. The predicted octanol–water partition coefficient (Wildman–Crippen LogP) is 1.85. The van der Waals surface area contributed by atoms with Gasteiger partial charge < -0.3 is 20.3 Å². The third-order valence-electron chi connectivity index (χ3n) is 2.44. The molecule has 2 aromatic heterocycles. The van der Waals surface area contributed by atoms with Crippen LogP contribution in [-0.4, -0.2) is 29.3 Å². The number of aryl methyl sites for hydroxylation is 1. The standard InChI is InChI=1S/C12H16N4O3S/c1-3-18-12(17)11-8(13)6-10(20-11)14-5-4-9-15-7(2)19-16-9/h6,14H,3-5,13H2,1-2H3. The average Bonchev–Trinajstić information content (AvgIpc) is 2.96. The molecule has 0 unspecified atom stereocenters. The van der Waals surface area contributed by atoms with Crippen LogP contribution in [0.3, 0.4) is 0 Å². The summed E-state index contributed by atoms with van der Waals surface area (Å²) in [7, 11) is 0. The Hall–Kier alpha value is -2.09. The van der Waals surface area contributed by atoms with E-state index in [4.69, 9.17) is 15.0 Å². The van der Waals surface area contributed by atoms with Gasteiger partial charge in [-0.2, -0.15) is 4.98 Å². The van der Waals surface area contributed by atoms with Crippen molar-refractivity contribution in [3.8, 4) is 0 Å². The number of ether oxygens (including phenoxy) is 1. The molecule has 0 radical (unpaired) electrons. The van der Waals surface area contributed by atoms with Gasteiger partial charge in [-0.3, -0.25) is 0 Å². The van der Waals surface area contributed by atoms with Gasteiger partial charge >= 0.3 is 5.97 Å². The summed E-state index contributed by atoms with van der Waals surface area (Å²) in [6, 6.07) is 1.72. The maximum Gasteiger partial charge on any atom is 0.350 e. The van der Waals surface area contributed by atoms with E-state index in [1.807, 2.05) is 0 Å². The Morgan fingerprint density at radius 2 is 2.40 bits per heavy atom. The summed E-state index contributed by atoms with van der Waals surface area (Å²) in [4.78, 5) is 16.1. The second-order valence-electron chi connectivity index (χ2n) is 4.02. The first-order chi connectivity index (χ1) is 9.60. The highest BCUT2D eigenvalue weighted by atomic mass is 32.1. The molecule has 0 aromatic carbocycles. The zero-order valence-electron chi connectivity index (χ0n) is 11.3. The lowest BCUT2D eigenvalue weighted by Gasteiger charge is -2.00. The van der Waals surface area contributed by atoms with Crippen LogP contribution in [0.4, 0.5) is 10.7 Å². The minimum atomic E-state index is -0.392. The Morgan fingerprint density at radius 3 is 3.05 bits per heavy atom. The molecular weight excluding hydrogens is 280 g/mol. The fraction of sp³-hybridized carbons (Fsp3) is 0.417. The molecule has 3 N–H and O–H groups in total. The molecule has 2 aromatic rings. The number of nitrogens with one attached hydrogen (secondary N) is 1. The van der Waals surface area contributed by atoms with E-state index >= 15 is 0 Å². The normalized spacial score (nSPS) is 10.5. The van der Waals surface area contributed by atoms with Gasteiger partial charge in [-0.1, -0.05) is 5.16 Å². The van der Waals surface area contributed by atoms with Crippen LogP contribution < -0.4 is 11.1 Å². The van der Waals surface area contributed by atoms with E-state index in [1.165, 1.54) is 11.3 Å². The maximum absolute atomic E-state index is 11.6. The molecule has 108 valence electrons.